The minimum Gasteiger partial charge on any atom is -0.322 e. The number of nitrogens with one attached hydrogen (secondary N) is 1. The standard InChI is InChI=1S/C21H19N3O3S/c25-21(17-6-3-12-22-14-17)23-19-7-9-20(10-8-19)28(26,27)24-13-11-16-4-1-2-5-18(16)15-24/h1-10,12,14H,11,13,15H2,(H,23,25). The summed E-state index contributed by atoms with van der Waals surface area (Å²) in [6.07, 6.45) is 3.77. The fourth-order valence-electron chi connectivity index (χ4n) is 3.23. The highest BCUT2D eigenvalue weighted by molar-refractivity contribution is 7.89. The van der Waals surface area contributed by atoms with Gasteiger partial charge in [0.15, 0.2) is 0 Å². The number of hydrogen-bond donors (Lipinski definition) is 1. The molecule has 1 aliphatic rings. The Hall–Kier alpha value is -3.03. The second kappa shape index (κ2) is 7.53. The topological polar surface area (TPSA) is 79.4 Å². The van der Waals surface area contributed by atoms with E-state index in [9.17, 15) is 13.2 Å². The number of pyridine rings is 1. The van der Waals surface area contributed by atoms with Gasteiger partial charge in [-0.05, 0) is 53.9 Å². The summed E-state index contributed by atoms with van der Waals surface area (Å²) >= 11 is 0. The molecule has 1 aliphatic heterocycles. The SMILES string of the molecule is O=C(Nc1ccc(S(=O)(=O)N2CCc3ccccc3C2)cc1)c1cccnc1. The first-order valence-electron chi connectivity index (χ1n) is 8.92. The zero-order chi connectivity index (χ0) is 19.6. The number of carbonyl (C=O) groups is 1. The molecule has 2 heterocycles. The summed E-state index contributed by atoms with van der Waals surface area (Å²) < 4.78 is 27.5. The molecule has 1 amide bonds. The van der Waals surface area contributed by atoms with Crippen molar-refractivity contribution in [3.8, 4) is 0 Å². The number of sulfonamides is 1. The van der Waals surface area contributed by atoms with E-state index in [0.717, 1.165) is 5.56 Å². The number of rotatable bonds is 4. The average Bonchev–Trinajstić information content (AvgIpc) is 2.74. The van der Waals surface area contributed by atoms with Crippen molar-refractivity contribution in [3.63, 3.8) is 0 Å². The van der Waals surface area contributed by atoms with Crippen molar-refractivity contribution in [1.29, 1.82) is 0 Å². The van der Waals surface area contributed by atoms with E-state index in [2.05, 4.69) is 10.3 Å². The summed E-state index contributed by atoms with van der Waals surface area (Å²) in [5.41, 5.74) is 3.20. The molecule has 0 saturated heterocycles. The quantitative estimate of drug-likeness (QED) is 0.739. The fourth-order valence-corrected chi connectivity index (χ4v) is 4.65. The smallest absolute Gasteiger partial charge is 0.257 e. The molecule has 0 saturated carbocycles. The van der Waals surface area contributed by atoms with Crippen LogP contribution in [0.2, 0.25) is 0 Å². The Morgan fingerprint density at radius 2 is 1.71 bits per heavy atom. The Kier molecular flexibility index (Phi) is 4.93. The van der Waals surface area contributed by atoms with Crippen molar-refractivity contribution < 1.29 is 13.2 Å². The van der Waals surface area contributed by atoms with Crippen LogP contribution < -0.4 is 5.32 Å². The van der Waals surface area contributed by atoms with Crippen LogP contribution in [0.1, 0.15) is 21.5 Å². The van der Waals surface area contributed by atoms with Crippen LogP contribution in [0.15, 0.2) is 78.0 Å². The van der Waals surface area contributed by atoms with E-state index in [1.54, 1.807) is 30.5 Å². The highest BCUT2D eigenvalue weighted by Crippen LogP contribution is 2.25. The van der Waals surface area contributed by atoms with Crippen molar-refractivity contribution in [2.75, 3.05) is 11.9 Å². The molecule has 0 atom stereocenters. The van der Waals surface area contributed by atoms with E-state index >= 15 is 0 Å². The molecule has 0 aliphatic carbocycles. The Balaban J connectivity index is 1.50. The largest absolute Gasteiger partial charge is 0.322 e. The maximum atomic E-state index is 13.0. The van der Waals surface area contributed by atoms with Crippen LogP contribution in [-0.4, -0.2) is 30.2 Å². The number of carbonyl (C=O) groups excluding carboxylic acids is 1. The van der Waals surface area contributed by atoms with E-state index in [1.165, 1.54) is 28.2 Å². The van der Waals surface area contributed by atoms with E-state index in [0.29, 0.717) is 30.8 Å². The number of fused-ring (bicyclic) bond motifs is 1. The predicted octanol–water partition coefficient (Wildman–Crippen LogP) is 3.08. The van der Waals surface area contributed by atoms with Gasteiger partial charge in [-0.3, -0.25) is 9.78 Å². The number of anilines is 1. The first kappa shape index (κ1) is 18.3. The Morgan fingerprint density at radius 3 is 2.43 bits per heavy atom. The molecule has 7 heteroatoms. The zero-order valence-electron chi connectivity index (χ0n) is 15.1. The third-order valence-electron chi connectivity index (χ3n) is 4.77. The number of amides is 1. The lowest BCUT2D eigenvalue weighted by Gasteiger charge is -2.28. The molecule has 0 bridgehead atoms. The van der Waals surface area contributed by atoms with Gasteiger partial charge in [-0.2, -0.15) is 4.31 Å². The molecule has 0 unspecified atom stereocenters. The normalized spacial score (nSPS) is 14.3. The van der Waals surface area contributed by atoms with Gasteiger partial charge in [0.1, 0.15) is 0 Å². The van der Waals surface area contributed by atoms with Gasteiger partial charge in [0.2, 0.25) is 10.0 Å². The van der Waals surface area contributed by atoms with Crippen LogP contribution in [0.3, 0.4) is 0 Å². The summed E-state index contributed by atoms with van der Waals surface area (Å²) in [7, 11) is -3.59. The van der Waals surface area contributed by atoms with Crippen molar-refractivity contribution in [2.24, 2.45) is 0 Å². The number of benzene rings is 2. The van der Waals surface area contributed by atoms with Crippen LogP contribution in [0.4, 0.5) is 5.69 Å². The van der Waals surface area contributed by atoms with Gasteiger partial charge in [0, 0.05) is 31.2 Å². The van der Waals surface area contributed by atoms with Crippen molar-refractivity contribution in [2.45, 2.75) is 17.9 Å². The second-order valence-corrected chi connectivity index (χ2v) is 8.52. The molecule has 0 fully saturated rings. The lowest BCUT2D eigenvalue weighted by Crippen LogP contribution is -2.35. The van der Waals surface area contributed by atoms with E-state index in [4.69, 9.17) is 0 Å². The predicted molar refractivity (Wildman–Crippen MR) is 106 cm³/mol. The third kappa shape index (κ3) is 3.67. The maximum Gasteiger partial charge on any atom is 0.257 e. The van der Waals surface area contributed by atoms with Crippen molar-refractivity contribution in [1.82, 2.24) is 9.29 Å². The van der Waals surface area contributed by atoms with E-state index < -0.39 is 10.0 Å². The molecule has 4 rings (SSSR count). The molecule has 28 heavy (non-hydrogen) atoms. The lowest BCUT2D eigenvalue weighted by molar-refractivity contribution is 0.102. The van der Waals surface area contributed by atoms with E-state index in [1.807, 2.05) is 24.3 Å². The second-order valence-electron chi connectivity index (χ2n) is 6.58. The summed E-state index contributed by atoms with van der Waals surface area (Å²) in [5.74, 6) is -0.295. The minimum atomic E-state index is -3.59. The first-order chi connectivity index (χ1) is 13.5. The molecule has 2 aromatic carbocycles. The first-order valence-corrected chi connectivity index (χ1v) is 10.4. The van der Waals surface area contributed by atoms with Gasteiger partial charge in [-0.1, -0.05) is 24.3 Å². The monoisotopic (exact) mass is 393 g/mol. The van der Waals surface area contributed by atoms with Crippen LogP contribution in [-0.2, 0) is 23.0 Å². The van der Waals surface area contributed by atoms with Gasteiger partial charge in [0.25, 0.3) is 5.91 Å². The van der Waals surface area contributed by atoms with Gasteiger partial charge in [-0.25, -0.2) is 8.42 Å². The van der Waals surface area contributed by atoms with E-state index in [-0.39, 0.29) is 10.8 Å². The molecule has 1 N–H and O–H groups in total. The summed E-state index contributed by atoms with van der Waals surface area (Å²) in [5, 5.41) is 2.74. The molecule has 3 aromatic rings. The summed E-state index contributed by atoms with van der Waals surface area (Å²) in [6.45, 7) is 0.830. The average molecular weight is 393 g/mol. The fraction of sp³-hybridized carbons (Fsp3) is 0.143. The van der Waals surface area contributed by atoms with Crippen molar-refractivity contribution >= 4 is 21.6 Å². The molecular formula is C21H19N3O3S. The molecule has 6 nitrogen and oxygen atoms in total. The molecule has 0 radical (unpaired) electrons. The Labute approximate surface area is 163 Å². The zero-order valence-corrected chi connectivity index (χ0v) is 15.9. The Bertz CT molecular complexity index is 1100. The van der Waals surface area contributed by atoms with Gasteiger partial charge in [0.05, 0.1) is 10.5 Å². The maximum absolute atomic E-state index is 13.0. The lowest BCUT2D eigenvalue weighted by atomic mass is 10.0. The minimum absolute atomic E-state index is 0.214. The van der Waals surface area contributed by atoms with Crippen LogP contribution in [0.5, 0.6) is 0 Å². The molecular weight excluding hydrogens is 374 g/mol. The molecule has 0 spiro atoms. The number of nitrogens with zero attached hydrogens (tertiary/aromatic N) is 2. The molecule has 142 valence electrons. The molecule has 1 aromatic heterocycles. The van der Waals surface area contributed by atoms with Gasteiger partial charge in [-0.15, -0.1) is 0 Å². The number of aromatic nitrogens is 1. The third-order valence-corrected chi connectivity index (χ3v) is 6.63. The van der Waals surface area contributed by atoms with Crippen LogP contribution in [0, 0.1) is 0 Å². The van der Waals surface area contributed by atoms with Crippen LogP contribution >= 0.6 is 0 Å². The van der Waals surface area contributed by atoms with Gasteiger partial charge >= 0.3 is 0 Å². The van der Waals surface area contributed by atoms with Crippen molar-refractivity contribution in [3.05, 3.63) is 89.7 Å². The van der Waals surface area contributed by atoms with Gasteiger partial charge < -0.3 is 5.32 Å². The highest BCUT2D eigenvalue weighted by Gasteiger charge is 2.28. The number of hydrogen-bond acceptors (Lipinski definition) is 4. The Morgan fingerprint density at radius 1 is 0.964 bits per heavy atom. The van der Waals surface area contributed by atoms with Crippen LogP contribution in [0.25, 0.3) is 0 Å². The highest BCUT2D eigenvalue weighted by atomic mass is 32.2. The summed E-state index contributed by atoms with van der Waals surface area (Å²) in [4.78, 5) is 16.3. The summed E-state index contributed by atoms with van der Waals surface area (Å²) in [6, 6.07) is 17.5.